The van der Waals surface area contributed by atoms with Gasteiger partial charge in [-0.3, -0.25) is 0 Å². The second-order valence-electron chi connectivity index (χ2n) is 13.7. The predicted octanol–water partition coefficient (Wildman–Crippen LogP) is 13.2. The Kier molecular flexibility index (Phi) is 6.74. The van der Waals surface area contributed by atoms with Crippen LogP contribution >= 0.6 is 0 Å². The lowest BCUT2D eigenvalue weighted by atomic mass is 9.66. The molecule has 10 rings (SSSR count). The van der Waals surface area contributed by atoms with Crippen LogP contribution in [0, 0.1) is 5.92 Å². The molecular formula is C50H34. The standard InChI is InChI=1S/C50H34/c1-4-14-36-27-39(24-21-33(36)11-1)42-30-43(40-25-22-34-12-2-5-15-37(34)28-40)32-44(31-42)50-47-19-9-7-17-45(47)49(46-18-8-10-20-48(46)50)41-26-23-35-13-3-6-16-38(35)29-41/h1-32,47,50H. The molecule has 0 fully saturated rings. The zero-order chi connectivity index (χ0) is 33.0. The smallest absolute Gasteiger partial charge is 0.0200 e. The summed E-state index contributed by atoms with van der Waals surface area (Å²) in [6.45, 7) is 0. The molecule has 2 unspecified atom stereocenters. The van der Waals surface area contributed by atoms with Gasteiger partial charge in [0, 0.05) is 11.8 Å². The molecule has 0 N–H and O–H groups in total. The molecule has 50 heavy (non-hydrogen) atoms. The van der Waals surface area contributed by atoms with Crippen molar-refractivity contribution in [2.24, 2.45) is 5.92 Å². The third-order valence-corrected chi connectivity index (χ3v) is 10.8. The van der Waals surface area contributed by atoms with E-state index in [1.807, 2.05) is 0 Å². The van der Waals surface area contributed by atoms with Gasteiger partial charge < -0.3 is 0 Å². The van der Waals surface area contributed by atoms with Gasteiger partial charge in [0.15, 0.2) is 0 Å². The van der Waals surface area contributed by atoms with Crippen LogP contribution in [-0.4, -0.2) is 0 Å². The molecule has 8 aromatic carbocycles. The third kappa shape index (κ3) is 4.84. The first-order valence-electron chi connectivity index (χ1n) is 17.6. The van der Waals surface area contributed by atoms with Crippen molar-refractivity contribution in [1.29, 1.82) is 0 Å². The molecule has 0 heterocycles. The van der Waals surface area contributed by atoms with Gasteiger partial charge in [-0.25, -0.2) is 0 Å². The number of hydrogen-bond acceptors (Lipinski definition) is 0. The van der Waals surface area contributed by atoms with Crippen LogP contribution in [-0.2, 0) is 0 Å². The second-order valence-corrected chi connectivity index (χ2v) is 13.7. The molecule has 0 spiro atoms. The number of hydrogen-bond donors (Lipinski definition) is 0. The van der Waals surface area contributed by atoms with Gasteiger partial charge in [-0.05, 0) is 112 Å². The highest BCUT2D eigenvalue weighted by Gasteiger charge is 2.35. The Labute approximate surface area is 293 Å². The average molecular weight is 635 g/mol. The highest BCUT2D eigenvalue weighted by atomic mass is 14.4. The molecule has 0 radical (unpaired) electrons. The lowest BCUT2D eigenvalue weighted by Crippen LogP contribution is -2.23. The van der Waals surface area contributed by atoms with E-state index in [9.17, 15) is 0 Å². The molecule has 0 nitrogen and oxygen atoms in total. The molecule has 0 saturated carbocycles. The van der Waals surface area contributed by atoms with Crippen molar-refractivity contribution >= 4 is 37.9 Å². The first-order chi connectivity index (χ1) is 24.8. The molecule has 2 atom stereocenters. The van der Waals surface area contributed by atoms with Gasteiger partial charge in [-0.2, -0.15) is 0 Å². The maximum absolute atomic E-state index is 2.46. The molecule has 0 saturated heterocycles. The number of fused-ring (bicyclic) bond motifs is 5. The largest absolute Gasteiger partial charge is 0.0760 e. The summed E-state index contributed by atoms with van der Waals surface area (Å²) in [6, 6.07) is 63.1. The summed E-state index contributed by atoms with van der Waals surface area (Å²) in [5.74, 6) is 0.360. The fourth-order valence-corrected chi connectivity index (χ4v) is 8.40. The van der Waals surface area contributed by atoms with Crippen LogP contribution in [0.5, 0.6) is 0 Å². The normalized spacial score (nSPS) is 16.6. The van der Waals surface area contributed by atoms with Crippen LogP contribution in [0.15, 0.2) is 200 Å². The molecule has 0 aromatic heterocycles. The highest BCUT2D eigenvalue weighted by Crippen LogP contribution is 2.51. The molecule has 8 aromatic rings. The summed E-state index contributed by atoms with van der Waals surface area (Å²) in [5, 5.41) is 7.59. The summed E-state index contributed by atoms with van der Waals surface area (Å²) in [4.78, 5) is 0. The van der Waals surface area contributed by atoms with Gasteiger partial charge in [0.25, 0.3) is 0 Å². The second kappa shape index (κ2) is 11.7. The van der Waals surface area contributed by atoms with Gasteiger partial charge in [-0.1, -0.05) is 170 Å². The Bertz CT molecular complexity index is 2620. The zero-order valence-electron chi connectivity index (χ0n) is 27.6. The Hall–Kier alpha value is -6.24. The van der Waals surface area contributed by atoms with Crippen molar-refractivity contribution in [3.05, 3.63) is 222 Å². The summed E-state index contributed by atoms with van der Waals surface area (Å²) in [7, 11) is 0. The highest BCUT2D eigenvalue weighted by molar-refractivity contribution is 5.94. The van der Waals surface area contributed by atoms with Crippen LogP contribution in [0.3, 0.4) is 0 Å². The Morgan fingerprint density at radius 3 is 1.46 bits per heavy atom. The van der Waals surface area contributed by atoms with Crippen molar-refractivity contribution < 1.29 is 0 Å². The van der Waals surface area contributed by atoms with Crippen molar-refractivity contribution in [3.8, 4) is 22.3 Å². The minimum atomic E-state index is 0.159. The van der Waals surface area contributed by atoms with E-state index in [0.29, 0.717) is 0 Å². The lowest BCUT2D eigenvalue weighted by Gasteiger charge is -2.37. The fourth-order valence-electron chi connectivity index (χ4n) is 8.40. The topological polar surface area (TPSA) is 0 Å². The van der Waals surface area contributed by atoms with Crippen molar-refractivity contribution in [2.75, 3.05) is 0 Å². The SMILES string of the molecule is C1=CC2=C(c3ccc4ccccc4c3)c3ccccc3C(c3cc(-c4ccc5ccccc5c4)cc(-c4ccc5ccccc5c4)c3)C2C=C1. The van der Waals surface area contributed by atoms with E-state index >= 15 is 0 Å². The van der Waals surface area contributed by atoms with E-state index in [4.69, 9.17) is 0 Å². The molecule has 234 valence electrons. The quantitative estimate of drug-likeness (QED) is 0.181. The Morgan fingerprint density at radius 2 is 0.860 bits per heavy atom. The first kappa shape index (κ1) is 28.7. The Morgan fingerprint density at radius 1 is 0.360 bits per heavy atom. The maximum atomic E-state index is 2.46. The van der Waals surface area contributed by atoms with Crippen molar-refractivity contribution in [2.45, 2.75) is 5.92 Å². The molecule has 0 amide bonds. The van der Waals surface area contributed by atoms with Crippen LogP contribution in [0.25, 0.3) is 60.1 Å². The molecule has 0 aliphatic heterocycles. The van der Waals surface area contributed by atoms with Gasteiger partial charge in [0.05, 0.1) is 0 Å². The minimum absolute atomic E-state index is 0.159. The average Bonchev–Trinajstić information content (AvgIpc) is 3.19. The summed E-state index contributed by atoms with van der Waals surface area (Å²) in [5.41, 5.74) is 13.0. The van der Waals surface area contributed by atoms with Gasteiger partial charge >= 0.3 is 0 Å². The Balaban J connectivity index is 1.20. The predicted molar refractivity (Wildman–Crippen MR) is 212 cm³/mol. The number of rotatable bonds is 4. The van der Waals surface area contributed by atoms with E-state index in [-0.39, 0.29) is 11.8 Å². The summed E-state index contributed by atoms with van der Waals surface area (Å²) < 4.78 is 0. The molecule has 2 aliphatic carbocycles. The van der Waals surface area contributed by atoms with E-state index in [1.165, 1.54) is 88.0 Å². The van der Waals surface area contributed by atoms with Crippen LogP contribution in [0.4, 0.5) is 0 Å². The summed E-state index contributed by atoms with van der Waals surface area (Å²) in [6.07, 6.45) is 9.24. The first-order valence-corrected chi connectivity index (χ1v) is 17.6. The molecule has 0 heteroatoms. The number of allylic oxidation sites excluding steroid dienone is 5. The third-order valence-electron chi connectivity index (χ3n) is 10.8. The minimum Gasteiger partial charge on any atom is -0.0760 e. The monoisotopic (exact) mass is 634 g/mol. The van der Waals surface area contributed by atoms with Gasteiger partial charge in [0.1, 0.15) is 0 Å². The van der Waals surface area contributed by atoms with Gasteiger partial charge in [0.2, 0.25) is 0 Å². The number of benzene rings is 8. The van der Waals surface area contributed by atoms with Crippen LogP contribution in [0.2, 0.25) is 0 Å². The van der Waals surface area contributed by atoms with E-state index < -0.39 is 0 Å². The molecule has 0 bridgehead atoms. The van der Waals surface area contributed by atoms with E-state index in [2.05, 4.69) is 194 Å². The van der Waals surface area contributed by atoms with Crippen molar-refractivity contribution in [3.63, 3.8) is 0 Å². The van der Waals surface area contributed by atoms with E-state index in [1.54, 1.807) is 0 Å². The molecular weight excluding hydrogens is 601 g/mol. The summed E-state index contributed by atoms with van der Waals surface area (Å²) >= 11 is 0. The van der Waals surface area contributed by atoms with Crippen LogP contribution < -0.4 is 0 Å². The van der Waals surface area contributed by atoms with Crippen molar-refractivity contribution in [1.82, 2.24) is 0 Å². The van der Waals surface area contributed by atoms with Crippen LogP contribution in [0.1, 0.15) is 28.2 Å². The zero-order valence-corrected chi connectivity index (χ0v) is 27.6. The van der Waals surface area contributed by atoms with Gasteiger partial charge in [-0.15, -0.1) is 0 Å². The van der Waals surface area contributed by atoms with E-state index in [0.717, 1.165) is 0 Å². The lowest BCUT2D eigenvalue weighted by molar-refractivity contribution is 0.649. The molecule has 2 aliphatic rings. The fraction of sp³-hybridized carbons (Fsp3) is 0.0400. The maximum Gasteiger partial charge on any atom is 0.0200 e.